The van der Waals surface area contributed by atoms with Gasteiger partial charge in [-0.15, -0.1) is 0 Å². The minimum Gasteiger partial charge on any atom is -0.243 e. The fourth-order valence-corrected chi connectivity index (χ4v) is 1.57. The highest BCUT2D eigenvalue weighted by Crippen LogP contribution is 2.30. The van der Waals surface area contributed by atoms with E-state index in [1.54, 1.807) is 31.2 Å². The molecule has 0 unspecified atom stereocenters. The molecule has 4 heteroatoms. The molecular formula is C13H10F3N. The summed E-state index contributed by atoms with van der Waals surface area (Å²) < 4.78 is 37.7. The molecule has 0 amide bonds. The number of halogens is 3. The SMILES string of the molecule is Cc1ccc(C(F)(F)F)nc1-c1ccccc1. The lowest BCUT2D eigenvalue weighted by molar-refractivity contribution is -0.141. The first-order valence-corrected chi connectivity index (χ1v) is 5.09. The predicted molar refractivity (Wildman–Crippen MR) is 59.4 cm³/mol. The Morgan fingerprint density at radius 1 is 0.941 bits per heavy atom. The number of nitrogens with zero attached hydrogens (tertiary/aromatic N) is 1. The highest BCUT2D eigenvalue weighted by atomic mass is 19.4. The molecule has 0 N–H and O–H groups in total. The Kier molecular flexibility index (Phi) is 2.88. The van der Waals surface area contributed by atoms with Crippen LogP contribution in [0.25, 0.3) is 11.3 Å². The molecule has 0 saturated carbocycles. The van der Waals surface area contributed by atoms with Crippen molar-refractivity contribution in [3.8, 4) is 11.3 Å². The van der Waals surface area contributed by atoms with Crippen molar-refractivity contribution in [2.45, 2.75) is 13.1 Å². The van der Waals surface area contributed by atoms with Crippen molar-refractivity contribution in [3.05, 3.63) is 53.7 Å². The number of benzene rings is 1. The van der Waals surface area contributed by atoms with E-state index in [1.165, 1.54) is 6.07 Å². The summed E-state index contributed by atoms with van der Waals surface area (Å²) in [5.41, 5.74) is 0.933. The van der Waals surface area contributed by atoms with Gasteiger partial charge in [0.15, 0.2) is 0 Å². The normalized spacial score (nSPS) is 11.5. The Morgan fingerprint density at radius 2 is 1.59 bits per heavy atom. The van der Waals surface area contributed by atoms with Crippen LogP contribution in [0.1, 0.15) is 11.3 Å². The summed E-state index contributed by atoms with van der Waals surface area (Å²) in [6.07, 6.45) is -4.41. The summed E-state index contributed by atoms with van der Waals surface area (Å²) in [6.45, 7) is 1.75. The van der Waals surface area contributed by atoms with Crippen LogP contribution in [0.5, 0.6) is 0 Å². The van der Waals surface area contributed by atoms with E-state index in [0.29, 0.717) is 11.3 Å². The smallest absolute Gasteiger partial charge is 0.243 e. The molecule has 2 aromatic rings. The molecule has 0 saturated heterocycles. The number of rotatable bonds is 1. The van der Waals surface area contributed by atoms with Crippen molar-refractivity contribution < 1.29 is 13.2 Å². The Labute approximate surface area is 96.9 Å². The molecule has 1 heterocycles. The second kappa shape index (κ2) is 4.20. The first kappa shape index (κ1) is 11.6. The van der Waals surface area contributed by atoms with Crippen molar-refractivity contribution in [3.63, 3.8) is 0 Å². The third-order valence-electron chi connectivity index (χ3n) is 2.43. The maximum absolute atomic E-state index is 12.6. The molecule has 17 heavy (non-hydrogen) atoms. The number of aromatic nitrogens is 1. The van der Waals surface area contributed by atoms with E-state index in [-0.39, 0.29) is 0 Å². The average Bonchev–Trinajstić information content (AvgIpc) is 2.29. The number of hydrogen-bond acceptors (Lipinski definition) is 1. The monoisotopic (exact) mass is 237 g/mol. The maximum Gasteiger partial charge on any atom is 0.433 e. The lowest BCUT2D eigenvalue weighted by Gasteiger charge is -2.10. The molecule has 0 aliphatic carbocycles. The van der Waals surface area contributed by atoms with Gasteiger partial charge in [0, 0.05) is 5.56 Å². The van der Waals surface area contributed by atoms with Crippen molar-refractivity contribution in [1.82, 2.24) is 4.98 Å². The van der Waals surface area contributed by atoms with Gasteiger partial charge in [0.05, 0.1) is 5.69 Å². The zero-order chi connectivity index (χ0) is 12.5. The van der Waals surface area contributed by atoms with E-state index in [2.05, 4.69) is 4.98 Å². The van der Waals surface area contributed by atoms with Crippen LogP contribution in [0.15, 0.2) is 42.5 Å². The van der Waals surface area contributed by atoms with Gasteiger partial charge in [0.1, 0.15) is 5.69 Å². The second-order valence-electron chi connectivity index (χ2n) is 3.73. The van der Waals surface area contributed by atoms with E-state index in [9.17, 15) is 13.2 Å². The van der Waals surface area contributed by atoms with E-state index < -0.39 is 11.9 Å². The van der Waals surface area contributed by atoms with Crippen molar-refractivity contribution >= 4 is 0 Å². The van der Waals surface area contributed by atoms with Gasteiger partial charge in [-0.2, -0.15) is 13.2 Å². The van der Waals surface area contributed by atoms with Gasteiger partial charge in [-0.05, 0) is 18.6 Å². The molecule has 0 aliphatic heterocycles. The van der Waals surface area contributed by atoms with Crippen molar-refractivity contribution in [1.29, 1.82) is 0 Å². The highest BCUT2D eigenvalue weighted by molar-refractivity contribution is 5.62. The molecule has 0 aliphatic rings. The first-order valence-electron chi connectivity index (χ1n) is 5.09. The van der Waals surface area contributed by atoms with Gasteiger partial charge in [-0.3, -0.25) is 0 Å². The molecule has 1 aromatic heterocycles. The number of alkyl halides is 3. The van der Waals surface area contributed by atoms with Crippen LogP contribution in [-0.2, 0) is 6.18 Å². The van der Waals surface area contributed by atoms with Crippen LogP contribution in [-0.4, -0.2) is 4.98 Å². The molecule has 0 spiro atoms. The number of aryl methyl sites for hydroxylation is 1. The summed E-state index contributed by atoms with van der Waals surface area (Å²) >= 11 is 0. The number of pyridine rings is 1. The topological polar surface area (TPSA) is 12.9 Å². The Bertz CT molecular complexity index is 518. The summed E-state index contributed by atoms with van der Waals surface area (Å²) in [4.78, 5) is 3.69. The van der Waals surface area contributed by atoms with Gasteiger partial charge < -0.3 is 0 Å². The van der Waals surface area contributed by atoms with E-state index in [0.717, 1.165) is 11.6 Å². The van der Waals surface area contributed by atoms with E-state index in [1.807, 2.05) is 6.07 Å². The average molecular weight is 237 g/mol. The summed E-state index contributed by atoms with van der Waals surface area (Å²) in [6, 6.07) is 11.3. The van der Waals surface area contributed by atoms with Crippen LogP contribution in [0, 0.1) is 6.92 Å². The lowest BCUT2D eigenvalue weighted by Crippen LogP contribution is -2.08. The summed E-state index contributed by atoms with van der Waals surface area (Å²) in [7, 11) is 0. The van der Waals surface area contributed by atoms with Crippen molar-refractivity contribution in [2.75, 3.05) is 0 Å². The van der Waals surface area contributed by atoms with Gasteiger partial charge in [0.25, 0.3) is 0 Å². The quantitative estimate of drug-likeness (QED) is 0.728. The molecule has 0 fully saturated rings. The molecule has 88 valence electrons. The Morgan fingerprint density at radius 3 is 2.18 bits per heavy atom. The molecule has 1 nitrogen and oxygen atoms in total. The van der Waals surface area contributed by atoms with Crippen molar-refractivity contribution in [2.24, 2.45) is 0 Å². The minimum absolute atomic E-state index is 0.375. The molecule has 1 aromatic carbocycles. The van der Waals surface area contributed by atoms with Gasteiger partial charge in [-0.1, -0.05) is 36.4 Å². The maximum atomic E-state index is 12.6. The van der Waals surface area contributed by atoms with Crippen LogP contribution in [0.4, 0.5) is 13.2 Å². The Balaban J connectivity index is 2.55. The van der Waals surface area contributed by atoms with E-state index >= 15 is 0 Å². The molecular weight excluding hydrogens is 227 g/mol. The molecule has 0 atom stereocenters. The number of hydrogen-bond donors (Lipinski definition) is 0. The summed E-state index contributed by atoms with van der Waals surface area (Å²) in [5.74, 6) is 0. The minimum atomic E-state index is -4.41. The highest BCUT2D eigenvalue weighted by Gasteiger charge is 2.32. The fourth-order valence-electron chi connectivity index (χ4n) is 1.57. The van der Waals surface area contributed by atoms with Crippen LogP contribution < -0.4 is 0 Å². The first-order chi connectivity index (χ1) is 7.98. The molecule has 2 rings (SSSR count). The van der Waals surface area contributed by atoms with Gasteiger partial charge >= 0.3 is 6.18 Å². The third kappa shape index (κ3) is 2.46. The zero-order valence-corrected chi connectivity index (χ0v) is 9.12. The van der Waals surface area contributed by atoms with E-state index in [4.69, 9.17) is 0 Å². The van der Waals surface area contributed by atoms with Gasteiger partial charge in [-0.25, -0.2) is 4.98 Å². The Hall–Kier alpha value is -1.84. The third-order valence-corrected chi connectivity index (χ3v) is 2.43. The van der Waals surface area contributed by atoms with Crippen LogP contribution in [0.3, 0.4) is 0 Å². The van der Waals surface area contributed by atoms with Gasteiger partial charge in [0.2, 0.25) is 0 Å². The second-order valence-corrected chi connectivity index (χ2v) is 3.73. The zero-order valence-electron chi connectivity index (χ0n) is 9.12. The fraction of sp³-hybridized carbons (Fsp3) is 0.154. The van der Waals surface area contributed by atoms with Crippen LogP contribution >= 0.6 is 0 Å². The summed E-state index contributed by atoms with van der Waals surface area (Å²) in [5, 5.41) is 0. The standard InChI is InChI=1S/C13H10F3N/c1-9-7-8-11(13(14,15)16)17-12(9)10-5-3-2-4-6-10/h2-8H,1H3. The molecule has 0 radical (unpaired) electrons. The lowest BCUT2D eigenvalue weighted by atomic mass is 10.1. The van der Waals surface area contributed by atoms with Crippen LogP contribution in [0.2, 0.25) is 0 Å². The molecule has 0 bridgehead atoms. The predicted octanol–water partition coefficient (Wildman–Crippen LogP) is 4.08. The largest absolute Gasteiger partial charge is 0.433 e.